The van der Waals surface area contributed by atoms with Crippen molar-refractivity contribution in [2.24, 2.45) is 0 Å². The fourth-order valence-electron chi connectivity index (χ4n) is 2.77. The second-order valence-corrected chi connectivity index (χ2v) is 5.46. The second-order valence-electron chi connectivity index (χ2n) is 5.46. The number of carbonyl (C=O) groups excluding carboxylic acids is 2. The number of rotatable bonds is 4. The van der Waals surface area contributed by atoms with E-state index in [4.69, 9.17) is 0 Å². The molecule has 4 nitrogen and oxygen atoms in total. The number of imide groups is 1. The van der Waals surface area contributed by atoms with E-state index in [1.807, 2.05) is 25.1 Å². The Morgan fingerprint density at radius 3 is 2.52 bits per heavy atom. The highest BCUT2D eigenvalue weighted by atomic mass is 19.1. The van der Waals surface area contributed by atoms with Gasteiger partial charge in [-0.3, -0.25) is 9.59 Å². The van der Waals surface area contributed by atoms with Crippen molar-refractivity contribution >= 4 is 23.2 Å². The topological polar surface area (TPSA) is 49.4 Å². The van der Waals surface area contributed by atoms with E-state index < -0.39 is 6.04 Å². The first-order valence-corrected chi connectivity index (χ1v) is 7.57. The van der Waals surface area contributed by atoms with Crippen LogP contribution in [0.3, 0.4) is 0 Å². The highest BCUT2D eigenvalue weighted by Gasteiger charge is 2.40. The molecule has 0 aliphatic carbocycles. The Labute approximate surface area is 133 Å². The molecule has 1 saturated heterocycles. The zero-order valence-electron chi connectivity index (χ0n) is 12.8. The van der Waals surface area contributed by atoms with Crippen LogP contribution in [0.25, 0.3) is 0 Å². The van der Waals surface area contributed by atoms with Crippen LogP contribution >= 0.6 is 0 Å². The summed E-state index contributed by atoms with van der Waals surface area (Å²) >= 11 is 0. The summed E-state index contributed by atoms with van der Waals surface area (Å²) in [6, 6.07) is 12.5. The third-order valence-electron chi connectivity index (χ3n) is 3.95. The predicted octanol–water partition coefficient (Wildman–Crippen LogP) is 3.13. The molecule has 3 rings (SSSR count). The number of nitrogens with one attached hydrogen (secondary N) is 1. The molecule has 1 aliphatic rings. The molecule has 0 aromatic heterocycles. The molecule has 2 aromatic rings. The van der Waals surface area contributed by atoms with Gasteiger partial charge in [-0.2, -0.15) is 0 Å². The first kappa shape index (κ1) is 15.2. The summed E-state index contributed by atoms with van der Waals surface area (Å²) in [6.07, 6.45) is 0.831. The van der Waals surface area contributed by atoms with Crippen molar-refractivity contribution in [2.45, 2.75) is 25.8 Å². The predicted molar refractivity (Wildman–Crippen MR) is 86.7 cm³/mol. The van der Waals surface area contributed by atoms with Gasteiger partial charge in [-0.15, -0.1) is 0 Å². The molecule has 2 aromatic carbocycles. The molecule has 1 aliphatic heterocycles. The van der Waals surface area contributed by atoms with E-state index in [-0.39, 0.29) is 24.1 Å². The Kier molecular flexibility index (Phi) is 4.10. The summed E-state index contributed by atoms with van der Waals surface area (Å²) in [5, 5.41) is 3.01. The maximum absolute atomic E-state index is 12.9. The number of carbonyl (C=O) groups is 2. The highest BCUT2D eigenvalue weighted by molar-refractivity contribution is 6.23. The number of halogens is 1. The summed E-state index contributed by atoms with van der Waals surface area (Å²) in [5.74, 6) is -0.849. The first-order valence-electron chi connectivity index (χ1n) is 7.57. The number of para-hydroxylation sites is 1. The van der Waals surface area contributed by atoms with Gasteiger partial charge in [-0.1, -0.05) is 25.1 Å². The normalized spacial score (nSPS) is 17.7. The maximum atomic E-state index is 12.9. The number of benzene rings is 2. The third-order valence-corrected chi connectivity index (χ3v) is 3.95. The Morgan fingerprint density at radius 2 is 1.83 bits per heavy atom. The molecule has 1 N–H and O–H groups in total. The Balaban J connectivity index is 1.84. The fraction of sp³-hybridized carbons (Fsp3) is 0.222. The van der Waals surface area contributed by atoms with Gasteiger partial charge in [0.05, 0.1) is 12.1 Å². The van der Waals surface area contributed by atoms with Gasteiger partial charge in [-0.05, 0) is 42.3 Å². The minimum absolute atomic E-state index is 0.0915. The SMILES string of the molecule is CCc1ccccc1N1C(=O)CC(Nc2ccc(F)cc2)C1=O. The molecule has 1 atom stereocenters. The zero-order chi connectivity index (χ0) is 16.4. The van der Waals surface area contributed by atoms with Gasteiger partial charge in [0.15, 0.2) is 0 Å². The molecule has 1 heterocycles. The molecule has 1 unspecified atom stereocenters. The van der Waals surface area contributed by atoms with Crippen molar-refractivity contribution in [3.63, 3.8) is 0 Å². The lowest BCUT2D eigenvalue weighted by molar-refractivity contribution is -0.121. The minimum atomic E-state index is -0.627. The van der Waals surface area contributed by atoms with E-state index in [1.165, 1.54) is 17.0 Å². The summed E-state index contributed by atoms with van der Waals surface area (Å²) < 4.78 is 12.9. The molecule has 23 heavy (non-hydrogen) atoms. The van der Waals surface area contributed by atoms with E-state index in [9.17, 15) is 14.0 Å². The van der Waals surface area contributed by atoms with Crippen molar-refractivity contribution in [1.29, 1.82) is 0 Å². The molecule has 0 radical (unpaired) electrons. The van der Waals surface area contributed by atoms with Crippen molar-refractivity contribution < 1.29 is 14.0 Å². The van der Waals surface area contributed by atoms with Crippen LogP contribution in [0.1, 0.15) is 18.9 Å². The molecule has 118 valence electrons. The van der Waals surface area contributed by atoms with Crippen LogP contribution in [0, 0.1) is 5.82 Å². The van der Waals surface area contributed by atoms with Gasteiger partial charge in [0.25, 0.3) is 5.91 Å². The van der Waals surface area contributed by atoms with E-state index in [1.54, 1.807) is 18.2 Å². The lowest BCUT2D eigenvalue weighted by Crippen LogP contribution is -2.35. The van der Waals surface area contributed by atoms with Crippen LogP contribution < -0.4 is 10.2 Å². The molecule has 5 heteroatoms. The molecular weight excluding hydrogens is 295 g/mol. The van der Waals surface area contributed by atoms with E-state index in [0.29, 0.717) is 11.4 Å². The van der Waals surface area contributed by atoms with Gasteiger partial charge >= 0.3 is 0 Å². The van der Waals surface area contributed by atoms with Gasteiger partial charge < -0.3 is 5.32 Å². The fourth-order valence-corrected chi connectivity index (χ4v) is 2.77. The highest BCUT2D eigenvalue weighted by Crippen LogP contribution is 2.28. The average molecular weight is 312 g/mol. The summed E-state index contributed by atoms with van der Waals surface area (Å²) in [5.41, 5.74) is 2.22. The van der Waals surface area contributed by atoms with Crippen LogP contribution in [0.2, 0.25) is 0 Å². The van der Waals surface area contributed by atoms with Gasteiger partial charge in [0.1, 0.15) is 11.9 Å². The number of hydrogen-bond acceptors (Lipinski definition) is 3. The van der Waals surface area contributed by atoms with E-state index in [0.717, 1.165) is 12.0 Å². The molecule has 0 spiro atoms. The summed E-state index contributed by atoms with van der Waals surface area (Å²) in [6.45, 7) is 1.98. The molecular formula is C18H17FN2O2. The quantitative estimate of drug-likeness (QED) is 0.882. The van der Waals surface area contributed by atoms with Crippen LogP contribution in [-0.2, 0) is 16.0 Å². The number of amides is 2. The van der Waals surface area contributed by atoms with Crippen molar-refractivity contribution in [2.75, 3.05) is 10.2 Å². The Morgan fingerprint density at radius 1 is 1.13 bits per heavy atom. The van der Waals surface area contributed by atoms with Crippen LogP contribution in [0.4, 0.5) is 15.8 Å². The van der Waals surface area contributed by atoms with Gasteiger partial charge in [0, 0.05) is 5.69 Å². The second kappa shape index (κ2) is 6.20. The monoisotopic (exact) mass is 312 g/mol. The van der Waals surface area contributed by atoms with Crippen molar-refractivity contribution in [3.05, 3.63) is 59.9 Å². The van der Waals surface area contributed by atoms with Crippen LogP contribution in [0.5, 0.6) is 0 Å². The number of aryl methyl sites for hydroxylation is 1. The summed E-state index contributed by atoms with van der Waals surface area (Å²) in [7, 11) is 0. The molecule has 0 saturated carbocycles. The van der Waals surface area contributed by atoms with Crippen molar-refractivity contribution in [3.8, 4) is 0 Å². The van der Waals surface area contributed by atoms with Gasteiger partial charge in [-0.25, -0.2) is 9.29 Å². The van der Waals surface area contributed by atoms with Crippen LogP contribution in [-0.4, -0.2) is 17.9 Å². The number of nitrogens with zero attached hydrogens (tertiary/aromatic N) is 1. The average Bonchev–Trinajstić information content (AvgIpc) is 2.83. The smallest absolute Gasteiger partial charge is 0.256 e. The standard InChI is InChI=1S/C18H17FN2O2/c1-2-12-5-3-4-6-16(12)21-17(22)11-15(18(21)23)20-14-9-7-13(19)8-10-14/h3-10,15,20H,2,11H2,1H3. The Bertz CT molecular complexity index is 743. The van der Waals surface area contributed by atoms with E-state index in [2.05, 4.69) is 5.32 Å². The molecule has 1 fully saturated rings. The zero-order valence-corrected chi connectivity index (χ0v) is 12.8. The van der Waals surface area contributed by atoms with Gasteiger partial charge in [0.2, 0.25) is 5.91 Å². The van der Waals surface area contributed by atoms with Crippen LogP contribution in [0.15, 0.2) is 48.5 Å². The lowest BCUT2D eigenvalue weighted by atomic mass is 10.1. The third kappa shape index (κ3) is 2.95. The summed E-state index contributed by atoms with van der Waals surface area (Å²) in [4.78, 5) is 26.2. The first-order chi connectivity index (χ1) is 11.1. The minimum Gasteiger partial charge on any atom is -0.373 e. The maximum Gasteiger partial charge on any atom is 0.256 e. The Hall–Kier alpha value is -2.69. The molecule has 2 amide bonds. The number of hydrogen-bond donors (Lipinski definition) is 1. The molecule has 0 bridgehead atoms. The van der Waals surface area contributed by atoms with E-state index >= 15 is 0 Å². The number of anilines is 2. The van der Waals surface area contributed by atoms with Crippen molar-refractivity contribution in [1.82, 2.24) is 0 Å². The lowest BCUT2D eigenvalue weighted by Gasteiger charge is -2.18. The largest absolute Gasteiger partial charge is 0.373 e.